The van der Waals surface area contributed by atoms with Gasteiger partial charge in [0, 0.05) is 10.5 Å². The molecule has 0 saturated heterocycles. The molecule has 2 rings (SSSR count). The first-order valence-corrected chi connectivity index (χ1v) is 6.52. The summed E-state index contributed by atoms with van der Waals surface area (Å²) in [6, 6.07) is 9.38. The van der Waals surface area contributed by atoms with Crippen LogP contribution >= 0.6 is 15.9 Å². The summed E-state index contributed by atoms with van der Waals surface area (Å²) in [7, 11) is 2.07. The van der Waals surface area contributed by atoms with Crippen LogP contribution in [0, 0.1) is 0 Å². The predicted octanol–water partition coefficient (Wildman–Crippen LogP) is 3.69. The summed E-state index contributed by atoms with van der Waals surface area (Å²) in [6.45, 7) is 0. The average Bonchev–Trinajstić information content (AvgIpc) is 2.30. The maximum atomic E-state index is 3.65. The second-order valence-corrected chi connectivity index (χ2v) is 5.21. The zero-order chi connectivity index (χ0) is 10.7. The highest BCUT2D eigenvalue weighted by Crippen LogP contribution is 2.36. The third-order valence-electron chi connectivity index (χ3n) is 3.48. The Kier molecular flexibility index (Phi) is 3.81. The van der Waals surface area contributed by atoms with Crippen LogP contribution in [0.4, 0.5) is 0 Å². The van der Waals surface area contributed by atoms with Crippen molar-refractivity contribution in [2.45, 2.75) is 37.6 Å². The molecular weight excluding hydrogens is 250 g/mol. The van der Waals surface area contributed by atoms with Gasteiger partial charge in [-0.1, -0.05) is 34.1 Å². The maximum absolute atomic E-state index is 3.65. The van der Waals surface area contributed by atoms with Crippen LogP contribution in [0.3, 0.4) is 0 Å². The smallest absolute Gasteiger partial charge is 0.0210 e. The largest absolute Gasteiger partial charge is 0.317 e. The van der Waals surface area contributed by atoms with Crippen molar-refractivity contribution in [3.05, 3.63) is 34.3 Å². The van der Waals surface area contributed by atoms with E-state index in [0.29, 0.717) is 0 Å². The minimum absolute atomic E-state index is 0.740. The third kappa shape index (κ3) is 2.61. The van der Waals surface area contributed by atoms with E-state index in [2.05, 4.69) is 52.6 Å². The Bertz CT molecular complexity index is 316. The molecule has 1 aromatic rings. The van der Waals surface area contributed by atoms with Crippen molar-refractivity contribution in [2.75, 3.05) is 7.05 Å². The molecule has 0 amide bonds. The average molecular weight is 268 g/mol. The highest BCUT2D eigenvalue weighted by Gasteiger charge is 2.22. The Balaban J connectivity index is 2.04. The second-order valence-electron chi connectivity index (χ2n) is 4.36. The summed E-state index contributed by atoms with van der Waals surface area (Å²) in [6.07, 6.45) is 5.24. The van der Waals surface area contributed by atoms with E-state index in [1.165, 1.54) is 35.7 Å². The van der Waals surface area contributed by atoms with Gasteiger partial charge in [0.1, 0.15) is 0 Å². The van der Waals surface area contributed by atoms with Crippen LogP contribution in [0.5, 0.6) is 0 Å². The molecule has 0 bridgehead atoms. The second kappa shape index (κ2) is 5.13. The molecule has 0 heterocycles. The van der Waals surface area contributed by atoms with E-state index in [4.69, 9.17) is 0 Å². The van der Waals surface area contributed by atoms with Gasteiger partial charge in [-0.15, -0.1) is 0 Å². The molecule has 0 radical (unpaired) electrons. The summed E-state index contributed by atoms with van der Waals surface area (Å²) < 4.78 is 1.28. The first kappa shape index (κ1) is 11.2. The number of benzene rings is 1. The van der Waals surface area contributed by atoms with Gasteiger partial charge in [-0.05, 0) is 50.3 Å². The number of hydrogen-bond acceptors (Lipinski definition) is 1. The van der Waals surface area contributed by atoms with Gasteiger partial charge in [-0.3, -0.25) is 0 Å². The fourth-order valence-corrected chi connectivity index (χ4v) is 3.11. The molecule has 1 fully saturated rings. The lowest BCUT2D eigenvalue weighted by molar-refractivity contribution is 0.358. The first-order valence-electron chi connectivity index (χ1n) is 5.73. The van der Waals surface area contributed by atoms with Gasteiger partial charge in [-0.2, -0.15) is 0 Å². The molecule has 1 aromatic carbocycles. The van der Waals surface area contributed by atoms with Crippen LogP contribution in [0.25, 0.3) is 0 Å². The Morgan fingerprint density at radius 1 is 1.13 bits per heavy atom. The Morgan fingerprint density at radius 3 is 2.40 bits per heavy atom. The fraction of sp³-hybridized carbons (Fsp3) is 0.538. The van der Waals surface area contributed by atoms with E-state index in [-0.39, 0.29) is 0 Å². The van der Waals surface area contributed by atoms with Gasteiger partial charge < -0.3 is 5.32 Å². The van der Waals surface area contributed by atoms with E-state index < -0.39 is 0 Å². The molecule has 1 aliphatic carbocycles. The van der Waals surface area contributed by atoms with Crippen molar-refractivity contribution in [1.29, 1.82) is 0 Å². The van der Waals surface area contributed by atoms with Crippen molar-refractivity contribution < 1.29 is 0 Å². The van der Waals surface area contributed by atoms with Crippen LogP contribution in [0.2, 0.25) is 0 Å². The maximum Gasteiger partial charge on any atom is 0.0210 e. The zero-order valence-electron chi connectivity index (χ0n) is 9.17. The van der Waals surface area contributed by atoms with Crippen molar-refractivity contribution in [3.63, 3.8) is 0 Å². The normalized spacial score (nSPS) is 26.5. The minimum atomic E-state index is 0.740. The molecule has 82 valence electrons. The molecule has 1 N–H and O–H groups in total. The van der Waals surface area contributed by atoms with E-state index in [0.717, 1.165) is 12.0 Å². The van der Waals surface area contributed by atoms with Crippen LogP contribution in [0.1, 0.15) is 37.2 Å². The molecule has 0 aliphatic heterocycles. The minimum Gasteiger partial charge on any atom is -0.317 e. The summed E-state index contributed by atoms with van der Waals surface area (Å²) in [4.78, 5) is 0. The highest BCUT2D eigenvalue weighted by molar-refractivity contribution is 9.10. The van der Waals surface area contributed by atoms with E-state index in [1.54, 1.807) is 0 Å². The van der Waals surface area contributed by atoms with Crippen molar-refractivity contribution in [1.82, 2.24) is 5.32 Å². The summed E-state index contributed by atoms with van der Waals surface area (Å²) in [5.41, 5.74) is 1.49. The van der Waals surface area contributed by atoms with E-state index in [1.807, 2.05) is 0 Å². The zero-order valence-corrected chi connectivity index (χ0v) is 10.8. The fourth-order valence-electron chi connectivity index (χ4n) is 2.50. The van der Waals surface area contributed by atoms with E-state index >= 15 is 0 Å². The van der Waals surface area contributed by atoms with Gasteiger partial charge in [0.25, 0.3) is 0 Å². The third-order valence-corrected chi connectivity index (χ3v) is 4.20. The quantitative estimate of drug-likeness (QED) is 0.862. The molecule has 0 spiro atoms. The predicted molar refractivity (Wildman–Crippen MR) is 68.2 cm³/mol. The lowest BCUT2D eigenvalue weighted by atomic mass is 9.82. The molecule has 0 unspecified atom stereocenters. The van der Waals surface area contributed by atoms with Gasteiger partial charge in [0.15, 0.2) is 0 Å². The van der Waals surface area contributed by atoms with Gasteiger partial charge in [-0.25, -0.2) is 0 Å². The first-order chi connectivity index (χ1) is 7.31. The number of halogens is 1. The van der Waals surface area contributed by atoms with Crippen LogP contribution in [-0.4, -0.2) is 13.1 Å². The number of nitrogens with one attached hydrogen (secondary N) is 1. The molecule has 0 aromatic heterocycles. The van der Waals surface area contributed by atoms with Gasteiger partial charge in [0.05, 0.1) is 0 Å². The molecule has 0 atom stereocenters. The monoisotopic (exact) mass is 267 g/mol. The van der Waals surface area contributed by atoms with Crippen LogP contribution in [0.15, 0.2) is 28.7 Å². The van der Waals surface area contributed by atoms with Crippen molar-refractivity contribution >= 4 is 15.9 Å². The topological polar surface area (TPSA) is 12.0 Å². The molecule has 1 aliphatic rings. The van der Waals surface area contributed by atoms with Gasteiger partial charge in [0.2, 0.25) is 0 Å². The van der Waals surface area contributed by atoms with Crippen molar-refractivity contribution in [3.8, 4) is 0 Å². The summed E-state index contributed by atoms with van der Waals surface area (Å²) in [5.74, 6) is 0.755. The van der Waals surface area contributed by atoms with E-state index in [9.17, 15) is 0 Å². The summed E-state index contributed by atoms with van der Waals surface area (Å²) in [5, 5.41) is 3.38. The molecule has 1 nitrogen and oxygen atoms in total. The Labute approximate surface area is 100 Å². The van der Waals surface area contributed by atoms with Gasteiger partial charge >= 0.3 is 0 Å². The number of hydrogen-bond donors (Lipinski definition) is 1. The summed E-state index contributed by atoms with van der Waals surface area (Å²) >= 11 is 3.65. The Morgan fingerprint density at radius 2 is 1.80 bits per heavy atom. The Hall–Kier alpha value is -0.340. The van der Waals surface area contributed by atoms with Crippen LogP contribution in [-0.2, 0) is 0 Å². The standard InChI is InChI=1S/C13H18BrN/c1-15-11-8-6-10(7-9-11)12-4-2-3-5-13(12)14/h2-5,10-11,15H,6-9H2,1H3. The molecular formula is C13H18BrN. The molecule has 1 saturated carbocycles. The van der Waals surface area contributed by atoms with Crippen LogP contribution < -0.4 is 5.32 Å². The molecule has 2 heteroatoms. The lowest BCUT2D eigenvalue weighted by Gasteiger charge is -2.29. The molecule has 15 heavy (non-hydrogen) atoms. The number of rotatable bonds is 2. The SMILES string of the molecule is CNC1CCC(c2ccccc2Br)CC1. The lowest BCUT2D eigenvalue weighted by Crippen LogP contribution is -2.29. The highest BCUT2D eigenvalue weighted by atomic mass is 79.9. The van der Waals surface area contributed by atoms with Crippen molar-refractivity contribution in [2.24, 2.45) is 0 Å².